The lowest BCUT2D eigenvalue weighted by Gasteiger charge is -2.38. The van der Waals surface area contributed by atoms with Crippen LogP contribution in [0.5, 0.6) is 0 Å². The van der Waals surface area contributed by atoms with Crippen LogP contribution in [0.4, 0.5) is 30.4 Å². The summed E-state index contributed by atoms with van der Waals surface area (Å²) in [5, 5.41) is 4.08. The predicted octanol–water partition coefficient (Wildman–Crippen LogP) is 6.94. The number of allylic oxidation sites excluding steroid dienone is 2. The number of likely N-dealkylation sites (N-methyl/N-ethyl adjacent to an activating group) is 1. The lowest BCUT2D eigenvalue weighted by Crippen LogP contribution is -2.38. The van der Waals surface area contributed by atoms with E-state index in [9.17, 15) is 13.2 Å². The van der Waals surface area contributed by atoms with E-state index in [-0.39, 0.29) is 11.3 Å². The first-order valence-corrected chi connectivity index (χ1v) is 14.2. The summed E-state index contributed by atoms with van der Waals surface area (Å²) < 4.78 is 41.2. The molecule has 0 aliphatic carbocycles. The average Bonchev–Trinajstić information content (AvgIpc) is 2.89. The third-order valence-electron chi connectivity index (χ3n) is 7.22. The molecule has 0 saturated heterocycles. The molecular weight excluding hydrogens is 521 g/mol. The Morgan fingerprint density at radius 2 is 2.03 bits per heavy atom. The molecule has 3 rings (SSSR count). The standard InChI is InChI=1S/C29H39F3N6S/c1-9-11-22(29(30,31)32)26(33-6)38(10-2)16-14-23-19(3)25(36-27(35-23)39-8)34-20-12-13-21-24(18-20)37(7)17-15-28(21,4)5/h9,11-13,18H,1,10,14-17H2,2-8H3,(H,34,35,36)/b22-11+,33-26?. The van der Waals surface area contributed by atoms with Gasteiger partial charge in [0.2, 0.25) is 0 Å². The topological polar surface area (TPSA) is 56.7 Å². The second-order valence-electron chi connectivity index (χ2n) is 10.2. The summed E-state index contributed by atoms with van der Waals surface area (Å²) in [6.07, 6.45) is 1.00. The van der Waals surface area contributed by atoms with Gasteiger partial charge in [0.1, 0.15) is 11.7 Å². The molecule has 212 valence electrons. The molecule has 2 heterocycles. The van der Waals surface area contributed by atoms with Gasteiger partial charge in [-0.25, -0.2) is 9.97 Å². The molecule has 1 N–H and O–H groups in total. The Bertz CT molecular complexity index is 1250. The average molecular weight is 561 g/mol. The molecule has 1 aromatic heterocycles. The molecule has 6 nitrogen and oxygen atoms in total. The highest BCUT2D eigenvalue weighted by Crippen LogP contribution is 2.40. The van der Waals surface area contributed by atoms with E-state index < -0.39 is 11.7 Å². The first-order valence-electron chi connectivity index (χ1n) is 13.0. The molecule has 1 aliphatic heterocycles. The van der Waals surface area contributed by atoms with Gasteiger partial charge < -0.3 is 15.1 Å². The maximum absolute atomic E-state index is 13.7. The van der Waals surface area contributed by atoms with Crippen molar-refractivity contribution in [2.45, 2.75) is 57.3 Å². The van der Waals surface area contributed by atoms with Gasteiger partial charge in [-0.05, 0) is 55.7 Å². The molecular formula is C29H39F3N6S. The Hall–Kier alpha value is -3.01. The molecule has 0 fully saturated rings. The molecule has 39 heavy (non-hydrogen) atoms. The van der Waals surface area contributed by atoms with E-state index in [0.717, 1.165) is 42.1 Å². The number of alkyl halides is 3. The first kappa shape index (κ1) is 30.5. The van der Waals surface area contributed by atoms with E-state index in [1.807, 2.05) is 20.1 Å². The number of fused-ring (bicyclic) bond motifs is 1. The summed E-state index contributed by atoms with van der Waals surface area (Å²) in [5.41, 5.74) is 4.40. The Morgan fingerprint density at radius 3 is 2.62 bits per heavy atom. The van der Waals surface area contributed by atoms with E-state index >= 15 is 0 Å². The van der Waals surface area contributed by atoms with E-state index in [0.29, 0.717) is 30.5 Å². The molecule has 0 amide bonds. The predicted molar refractivity (Wildman–Crippen MR) is 158 cm³/mol. The van der Waals surface area contributed by atoms with Crippen molar-refractivity contribution in [1.29, 1.82) is 0 Å². The van der Waals surface area contributed by atoms with Crippen LogP contribution >= 0.6 is 11.8 Å². The summed E-state index contributed by atoms with van der Waals surface area (Å²) in [6.45, 7) is 13.4. The lowest BCUT2D eigenvalue weighted by atomic mass is 9.78. The summed E-state index contributed by atoms with van der Waals surface area (Å²) in [6, 6.07) is 6.41. The Labute approximate surface area is 234 Å². The number of aliphatic imine (C=N–C) groups is 1. The smallest absolute Gasteiger partial charge is 0.374 e. The van der Waals surface area contributed by atoms with E-state index in [1.165, 1.54) is 30.1 Å². The highest BCUT2D eigenvalue weighted by atomic mass is 32.2. The minimum Gasteiger partial charge on any atom is -0.374 e. The number of hydrogen-bond donors (Lipinski definition) is 1. The van der Waals surface area contributed by atoms with Crippen molar-refractivity contribution in [3.63, 3.8) is 0 Å². The molecule has 0 spiro atoms. The highest BCUT2D eigenvalue weighted by molar-refractivity contribution is 7.98. The Balaban J connectivity index is 1.90. The summed E-state index contributed by atoms with van der Waals surface area (Å²) >= 11 is 1.43. The van der Waals surface area contributed by atoms with Crippen LogP contribution in [0, 0.1) is 6.92 Å². The van der Waals surface area contributed by atoms with Crippen molar-refractivity contribution < 1.29 is 13.2 Å². The van der Waals surface area contributed by atoms with Crippen LogP contribution in [0.1, 0.15) is 44.0 Å². The molecule has 0 atom stereocenters. The van der Waals surface area contributed by atoms with Gasteiger partial charge >= 0.3 is 6.18 Å². The van der Waals surface area contributed by atoms with Crippen molar-refractivity contribution in [3.05, 3.63) is 59.3 Å². The maximum atomic E-state index is 13.7. The van der Waals surface area contributed by atoms with Crippen LogP contribution in [0.2, 0.25) is 0 Å². The van der Waals surface area contributed by atoms with Gasteiger partial charge in [-0.3, -0.25) is 4.99 Å². The van der Waals surface area contributed by atoms with Crippen molar-refractivity contribution in [1.82, 2.24) is 14.9 Å². The normalized spacial score (nSPS) is 15.7. The number of benzene rings is 1. The molecule has 0 radical (unpaired) electrons. The third kappa shape index (κ3) is 6.96. The van der Waals surface area contributed by atoms with E-state index in [4.69, 9.17) is 9.97 Å². The molecule has 0 unspecified atom stereocenters. The fourth-order valence-electron chi connectivity index (χ4n) is 4.83. The monoisotopic (exact) mass is 560 g/mol. The number of rotatable bonds is 9. The Morgan fingerprint density at radius 1 is 1.31 bits per heavy atom. The largest absolute Gasteiger partial charge is 0.419 e. The number of thioether (sulfide) groups is 1. The second kappa shape index (κ2) is 12.4. The number of halogens is 3. The van der Waals surface area contributed by atoms with Crippen LogP contribution in [-0.2, 0) is 11.8 Å². The van der Waals surface area contributed by atoms with Crippen molar-refractivity contribution in [3.8, 4) is 0 Å². The number of nitrogens with one attached hydrogen (secondary N) is 1. The second-order valence-corrected chi connectivity index (χ2v) is 11.0. The van der Waals surface area contributed by atoms with Gasteiger partial charge in [-0.1, -0.05) is 44.3 Å². The quantitative estimate of drug-likeness (QED) is 0.118. The van der Waals surface area contributed by atoms with Crippen LogP contribution in [0.25, 0.3) is 0 Å². The summed E-state index contributed by atoms with van der Waals surface area (Å²) in [7, 11) is 3.49. The van der Waals surface area contributed by atoms with Crippen LogP contribution in [-0.4, -0.2) is 66.9 Å². The minimum absolute atomic E-state index is 0.110. The molecule has 1 aliphatic rings. The summed E-state index contributed by atoms with van der Waals surface area (Å²) in [5.74, 6) is 0.582. The summed E-state index contributed by atoms with van der Waals surface area (Å²) in [4.78, 5) is 17.3. The minimum atomic E-state index is -4.54. The number of hydrogen-bond acceptors (Lipinski definition) is 6. The van der Waals surface area contributed by atoms with E-state index in [1.54, 1.807) is 4.90 Å². The molecule has 0 saturated carbocycles. The molecule has 1 aromatic carbocycles. The van der Waals surface area contributed by atoms with Gasteiger partial charge in [0.15, 0.2) is 5.16 Å². The zero-order valence-corrected chi connectivity index (χ0v) is 24.7. The number of aromatic nitrogens is 2. The van der Waals surface area contributed by atoms with Crippen molar-refractivity contribution in [2.24, 2.45) is 4.99 Å². The van der Waals surface area contributed by atoms with Gasteiger partial charge in [0.05, 0.1) is 11.3 Å². The fourth-order valence-corrected chi connectivity index (χ4v) is 5.22. The molecule has 0 bridgehead atoms. The van der Waals surface area contributed by atoms with Gasteiger partial charge in [0.25, 0.3) is 0 Å². The van der Waals surface area contributed by atoms with Crippen LogP contribution in [0.3, 0.4) is 0 Å². The SMILES string of the molecule is C=C/C=C(\C(=NC)N(CC)CCc1nc(SC)nc(Nc2ccc3c(c2)N(C)CCC3(C)C)c1C)C(F)(F)F. The van der Waals surface area contributed by atoms with Crippen molar-refractivity contribution >= 4 is 34.8 Å². The van der Waals surface area contributed by atoms with E-state index in [2.05, 4.69) is 60.9 Å². The number of amidine groups is 1. The highest BCUT2D eigenvalue weighted by Gasteiger charge is 2.38. The molecule has 10 heteroatoms. The Kier molecular flexibility index (Phi) is 9.74. The van der Waals surface area contributed by atoms with Crippen LogP contribution < -0.4 is 10.2 Å². The van der Waals surface area contributed by atoms with Gasteiger partial charge in [-0.15, -0.1) is 0 Å². The van der Waals surface area contributed by atoms with Gasteiger partial charge in [0, 0.05) is 57.1 Å². The zero-order chi connectivity index (χ0) is 29.0. The first-order chi connectivity index (χ1) is 18.4. The number of nitrogens with zero attached hydrogens (tertiary/aromatic N) is 5. The number of anilines is 3. The maximum Gasteiger partial charge on any atom is 0.419 e. The fraction of sp³-hybridized carbons (Fsp3) is 0.483. The zero-order valence-electron chi connectivity index (χ0n) is 23.9. The lowest BCUT2D eigenvalue weighted by molar-refractivity contribution is -0.0869. The third-order valence-corrected chi connectivity index (χ3v) is 7.77. The van der Waals surface area contributed by atoms with Crippen LogP contribution in [0.15, 0.2) is 52.7 Å². The molecule has 2 aromatic rings. The van der Waals surface area contributed by atoms with Gasteiger partial charge in [-0.2, -0.15) is 13.2 Å². The van der Waals surface area contributed by atoms with Crippen molar-refractivity contribution in [2.75, 3.05) is 50.2 Å².